The molecule has 0 fully saturated rings. The summed E-state index contributed by atoms with van der Waals surface area (Å²) >= 11 is 0. The second kappa shape index (κ2) is 16.0. The zero-order valence-electron chi connectivity index (χ0n) is 11.4. The highest BCUT2D eigenvalue weighted by Crippen LogP contribution is 1.90. The van der Waals surface area contributed by atoms with E-state index in [1.54, 1.807) is 0 Å². The predicted molar refractivity (Wildman–Crippen MR) is 85.4 cm³/mol. The van der Waals surface area contributed by atoms with Gasteiger partial charge in [-0.25, -0.2) is 0 Å². The van der Waals surface area contributed by atoms with Gasteiger partial charge in [0.05, 0.1) is 0 Å². The summed E-state index contributed by atoms with van der Waals surface area (Å²) < 4.78 is 5.47. The molecule has 0 aromatic carbocycles. The summed E-state index contributed by atoms with van der Waals surface area (Å²) in [6, 6.07) is 0. The van der Waals surface area contributed by atoms with E-state index < -0.39 is 0 Å². The molecule has 104 valence electrons. The molecule has 0 amide bonds. The van der Waals surface area contributed by atoms with Gasteiger partial charge in [-0.15, -0.1) is 24.0 Å². The standard InChI is InChI=1S/C12H27N3O.HI/c1-4-7-10-16-11-8-9-15-12(13-5-2)14-6-3;/h4-11H2,1-3H3,(H2,13,14,15);1H. The highest BCUT2D eigenvalue weighted by molar-refractivity contribution is 14.0. The fraction of sp³-hybridized carbons (Fsp3) is 0.917. The zero-order valence-corrected chi connectivity index (χ0v) is 13.8. The first-order chi connectivity index (χ1) is 7.85. The van der Waals surface area contributed by atoms with E-state index >= 15 is 0 Å². The summed E-state index contributed by atoms with van der Waals surface area (Å²) in [6.45, 7) is 10.6. The molecule has 0 aromatic heterocycles. The molecule has 0 saturated heterocycles. The minimum atomic E-state index is 0. The van der Waals surface area contributed by atoms with Gasteiger partial charge in [0.2, 0.25) is 0 Å². The van der Waals surface area contributed by atoms with Gasteiger partial charge in [0.15, 0.2) is 5.96 Å². The Balaban J connectivity index is 0. The largest absolute Gasteiger partial charge is 0.381 e. The first-order valence-electron chi connectivity index (χ1n) is 6.45. The van der Waals surface area contributed by atoms with Crippen molar-refractivity contribution in [2.45, 2.75) is 40.0 Å². The second-order valence-electron chi connectivity index (χ2n) is 3.61. The van der Waals surface area contributed by atoms with Gasteiger partial charge in [-0.05, 0) is 26.7 Å². The number of guanidine groups is 1. The van der Waals surface area contributed by atoms with Gasteiger partial charge < -0.3 is 15.4 Å². The van der Waals surface area contributed by atoms with Gasteiger partial charge in [0, 0.05) is 32.8 Å². The van der Waals surface area contributed by atoms with Crippen LogP contribution in [-0.4, -0.2) is 38.8 Å². The fourth-order valence-electron chi connectivity index (χ4n) is 1.22. The smallest absolute Gasteiger partial charge is 0.191 e. The zero-order chi connectivity index (χ0) is 12.1. The highest BCUT2D eigenvalue weighted by Gasteiger charge is 1.93. The maximum absolute atomic E-state index is 5.47. The number of hydrogen-bond acceptors (Lipinski definition) is 2. The number of nitrogens with one attached hydrogen (secondary N) is 2. The lowest BCUT2D eigenvalue weighted by atomic mass is 10.4. The molecular weight excluding hydrogens is 329 g/mol. The monoisotopic (exact) mass is 357 g/mol. The topological polar surface area (TPSA) is 45.6 Å². The highest BCUT2D eigenvalue weighted by atomic mass is 127. The molecule has 0 saturated carbocycles. The Morgan fingerprint density at radius 2 is 1.59 bits per heavy atom. The van der Waals surface area contributed by atoms with E-state index in [1.165, 1.54) is 6.42 Å². The van der Waals surface area contributed by atoms with Crippen LogP contribution in [-0.2, 0) is 4.74 Å². The van der Waals surface area contributed by atoms with Gasteiger partial charge in [-0.1, -0.05) is 13.3 Å². The van der Waals surface area contributed by atoms with Gasteiger partial charge in [-0.3, -0.25) is 4.99 Å². The number of unbranched alkanes of at least 4 members (excludes halogenated alkanes) is 1. The number of halogens is 1. The van der Waals surface area contributed by atoms with E-state index in [0.29, 0.717) is 0 Å². The first-order valence-corrected chi connectivity index (χ1v) is 6.45. The number of ether oxygens (including phenoxy) is 1. The van der Waals surface area contributed by atoms with Crippen molar-refractivity contribution >= 4 is 29.9 Å². The molecule has 0 rings (SSSR count). The fourth-order valence-corrected chi connectivity index (χ4v) is 1.22. The summed E-state index contributed by atoms with van der Waals surface area (Å²) in [5.74, 6) is 0.901. The van der Waals surface area contributed by atoms with Gasteiger partial charge in [0.25, 0.3) is 0 Å². The molecule has 0 aliphatic carbocycles. The molecule has 5 heteroatoms. The van der Waals surface area contributed by atoms with E-state index in [4.69, 9.17) is 4.74 Å². The van der Waals surface area contributed by atoms with Crippen molar-refractivity contribution in [1.29, 1.82) is 0 Å². The van der Waals surface area contributed by atoms with Crippen molar-refractivity contribution < 1.29 is 4.74 Å². The summed E-state index contributed by atoms with van der Waals surface area (Å²) in [7, 11) is 0. The lowest BCUT2D eigenvalue weighted by molar-refractivity contribution is 0.130. The van der Waals surface area contributed by atoms with Crippen LogP contribution in [0.4, 0.5) is 0 Å². The molecule has 2 N–H and O–H groups in total. The van der Waals surface area contributed by atoms with Crippen molar-refractivity contribution in [3.8, 4) is 0 Å². The molecule has 0 aliphatic heterocycles. The van der Waals surface area contributed by atoms with Crippen LogP contribution < -0.4 is 10.6 Å². The third-order valence-corrected chi connectivity index (χ3v) is 2.05. The molecular formula is C12H28IN3O. The van der Waals surface area contributed by atoms with Gasteiger partial charge >= 0.3 is 0 Å². The van der Waals surface area contributed by atoms with Crippen LogP contribution in [0.3, 0.4) is 0 Å². The van der Waals surface area contributed by atoms with E-state index in [9.17, 15) is 0 Å². The van der Waals surface area contributed by atoms with Gasteiger partial charge in [-0.2, -0.15) is 0 Å². The van der Waals surface area contributed by atoms with Crippen LogP contribution in [0.2, 0.25) is 0 Å². The number of rotatable bonds is 9. The van der Waals surface area contributed by atoms with Crippen LogP contribution >= 0.6 is 24.0 Å². The molecule has 0 heterocycles. The molecule has 0 atom stereocenters. The number of hydrogen-bond donors (Lipinski definition) is 2. The molecule has 0 aliphatic rings. The summed E-state index contributed by atoms with van der Waals surface area (Å²) in [4.78, 5) is 4.44. The quantitative estimate of drug-likeness (QED) is 0.288. The molecule has 17 heavy (non-hydrogen) atoms. The summed E-state index contributed by atoms with van der Waals surface area (Å²) in [6.07, 6.45) is 3.34. The SMILES string of the molecule is CCCCOCCCN=C(NCC)NCC.I. The molecule has 0 bridgehead atoms. The maximum Gasteiger partial charge on any atom is 0.191 e. The average molecular weight is 357 g/mol. The van der Waals surface area contributed by atoms with Crippen molar-refractivity contribution in [3.05, 3.63) is 0 Å². The van der Waals surface area contributed by atoms with E-state index in [1.807, 2.05) is 0 Å². The minimum absolute atomic E-state index is 0. The van der Waals surface area contributed by atoms with Crippen molar-refractivity contribution in [2.75, 3.05) is 32.8 Å². The van der Waals surface area contributed by atoms with E-state index in [0.717, 1.165) is 51.6 Å². The normalized spacial score (nSPS) is 9.35. The lowest BCUT2D eigenvalue weighted by Gasteiger charge is -2.08. The molecule has 4 nitrogen and oxygen atoms in total. The lowest BCUT2D eigenvalue weighted by Crippen LogP contribution is -2.37. The average Bonchev–Trinajstić information content (AvgIpc) is 2.28. The van der Waals surface area contributed by atoms with Crippen molar-refractivity contribution in [3.63, 3.8) is 0 Å². The molecule has 0 spiro atoms. The van der Waals surface area contributed by atoms with Crippen LogP contribution in [0.5, 0.6) is 0 Å². The van der Waals surface area contributed by atoms with Crippen LogP contribution in [0.25, 0.3) is 0 Å². The summed E-state index contributed by atoms with van der Waals surface area (Å²) in [5.41, 5.74) is 0. The Morgan fingerprint density at radius 3 is 2.12 bits per heavy atom. The van der Waals surface area contributed by atoms with Crippen LogP contribution in [0, 0.1) is 0 Å². The Kier molecular flexibility index (Phi) is 18.1. The summed E-state index contributed by atoms with van der Waals surface area (Å²) in [5, 5.41) is 6.39. The first kappa shape index (κ1) is 19.3. The second-order valence-corrected chi connectivity index (χ2v) is 3.61. The third kappa shape index (κ3) is 13.9. The maximum atomic E-state index is 5.47. The molecule has 0 unspecified atom stereocenters. The Morgan fingerprint density at radius 1 is 1.00 bits per heavy atom. The predicted octanol–water partition coefficient (Wildman–Crippen LogP) is 2.39. The van der Waals surface area contributed by atoms with Crippen LogP contribution in [0.1, 0.15) is 40.0 Å². The number of nitrogens with zero attached hydrogens (tertiary/aromatic N) is 1. The minimum Gasteiger partial charge on any atom is -0.381 e. The van der Waals surface area contributed by atoms with Crippen molar-refractivity contribution in [2.24, 2.45) is 4.99 Å². The van der Waals surface area contributed by atoms with Crippen LogP contribution in [0.15, 0.2) is 4.99 Å². The Labute approximate surface area is 123 Å². The van der Waals surface area contributed by atoms with Crippen molar-refractivity contribution in [1.82, 2.24) is 10.6 Å². The van der Waals surface area contributed by atoms with Gasteiger partial charge in [0.1, 0.15) is 0 Å². The third-order valence-electron chi connectivity index (χ3n) is 2.05. The molecule has 0 aromatic rings. The van der Waals surface area contributed by atoms with E-state index in [2.05, 4.69) is 36.4 Å². The molecule has 0 radical (unpaired) electrons. The Hall–Kier alpha value is -0.0400. The Bertz CT molecular complexity index is 169. The number of aliphatic imine (C=N–C) groups is 1. The van der Waals surface area contributed by atoms with E-state index in [-0.39, 0.29) is 24.0 Å².